The van der Waals surface area contributed by atoms with Gasteiger partial charge in [-0.1, -0.05) is 6.07 Å². The maximum absolute atomic E-state index is 12.5. The van der Waals surface area contributed by atoms with Crippen molar-refractivity contribution in [2.75, 3.05) is 5.32 Å². The first-order valence-electron chi connectivity index (χ1n) is 5.34. The summed E-state index contributed by atoms with van der Waals surface area (Å²) in [6, 6.07) is 5.91. The van der Waals surface area contributed by atoms with Crippen LogP contribution in [0.4, 0.5) is 18.9 Å². The molecule has 7 heteroatoms. The molecule has 4 nitrogen and oxygen atoms in total. The van der Waals surface area contributed by atoms with Gasteiger partial charge in [-0.05, 0) is 24.3 Å². The second-order valence-corrected chi connectivity index (χ2v) is 3.91. The standard InChI is InChI=1S/C12H10F3N3O/c1-18-6-5-10(17-18)11(19)16-9-4-2-3-8(7-9)12(13,14)15/h2-7H,1H3,(H,16,19). The quantitative estimate of drug-likeness (QED) is 0.911. The second-order valence-electron chi connectivity index (χ2n) is 3.91. The number of carbonyl (C=O) groups excluding carboxylic acids is 1. The molecule has 2 aromatic rings. The van der Waals surface area contributed by atoms with Crippen molar-refractivity contribution >= 4 is 11.6 Å². The highest BCUT2D eigenvalue weighted by Gasteiger charge is 2.30. The number of anilines is 1. The molecule has 19 heavy (non-hydrogen) atoms. The molecular formula is C12H10F3N3O. The first-order chi connectivity index (χ1) is 8.86. The first kappa shape index (κ1) is 13.1. The summed E-state index contributed by atoms with van der Waals surface area (Å²) in [5.41, 5.74) is -0.600. The van der Waals surface area contributed by atoms with Gasteiger partial charge in [0, 0.05) is 18.9 Å². The van der Waals surface area contributed by atoms with Crippen molar-refractivity contribution in [3.63, 3.8) is 0 Å². The molecule has 1 heterocycles. The van der Waals surface area contributed by atoms with Crippen LogP contribution in [0.15, 0.2) is 36.5 Å². The Morgan fingerprint density at radius 3 is 2.63 bits per heavy atom. The third kappa shape index (κ3) is 3.12. The van der Waals surface area contributed by atoms with E-state index in [1.54, 1.807) is 13.2 Å². The Balaban J connectivity index is 2.18. The predicted molar refractivity (Wildman–Crippen MR) is 62.6 cm³/mol. The summed E-state index contributed by atoms with van der Waals surface area (Å²) in [5, 5.41) is 6.23. The zero-order chi connectivity index (χ0) is 14.0. The number of benzene rings is 1. The lowest BCUT2D eigenvalue weighted by Crippen LogP contribution is -2.14. The number of hydrogen-bond donors (Lipinski definition) is 1. The van der Waals surface area contributed by atoms with Gasteiger partial charge in [-0.15, -0.1) is 0 Å². The summed E-state index contributed by atoms with van der Waals surface area (Å²) in [7, 11) is 1.64. The molecule has 1 aromatic heterocycles. The molecule has 1 N–H and O–H groups in total. The van der Waals surface area contributed by atoms with Crippen LogP contribution in [0.3, 0.4) is 0 Å². The van der Waals surface area contributed by atoms with E-state index in [9.17, 15) is 18.0 Å². The van der Waals surface area contributed by atoms with E-state index < -0.39 is 17.6 Å². The lowest BCUT2D eigenvalue weighted by Gasteiger charge is -2.09. The van der Waals surface area contributed by atoms with Crippen LogP contribution in [-0.2, 0) is 13.2 Å². The number of nitrogens with zero attached hydrogens (tertiary/aromatic N) is 2. The topological polar surface area (TPSA) is 46.9 Å². The van der Waals surface area contributed by atoms with Crippen LogP contribution in [0.25, 0.3) is 0 Å². The average molecular weight is 269 g/mol. The molecule has 0 saturated heterocycles. The fourth-order valence-electron chi connectivity index (χ4n) is 1.50. The minimum absolute atomic E-state index is 0.0745. The van der Waals surface area contributed by atoms with E-state index in [2.05, 4.69) is 10.4 Å². The van der Waals surface area contributed by atoms with Crippen molar-refractivity contribution in [2.45, 2.75) is 6.18 Å². The largest absolute Gasteiger partial charge is 0.416 e. The number of aryl methyl sites for hydroxylation is 1. The maximum Gasteiger partial charge on any atom is 0.416 e. The lowest BCUT2D eigenvalue weighted by atomic mass is 10.2. The van der Waals surface area contributed by atoms with Gasteiger partial charge in [0.1, 0.15) is 0 Å². The molecule has 0 bridgehead atoms. The normalized spacial score (nSPS) is 11.4. The van der Waals surface area contributed by atoms with Crippen molar-refractivity contribution in [2.24, 2.45) is 7.05 Å². The molecule has 100 valence electrons. The molecule has 2 rings (SSSR count). The van der Waals surface area contributed by atoms with Crippen LogP contribution in [0, 0.1) is 0 Å². The summed E-state index contributed by atoms with van der Waals surface area (Å²) < 4.78 is 38.9. The molecule has 0 aliphatic heterocycles. The van der Waals surface area contributed by atoms with Crippen molar-refractivity contribution in [1.82, 2.24) is 9.78 Å². The maximum atomic E-state index is 12.5. The van der Waals surface area contributed by atoms with Crippen LogP contribution in [0.1, 0.15) is 16.1 Å². The summed E-state index contributed by atoms with van der Waals surface area (Å²) in [4.78, 5) is 11.7. The number of nitrogens with one attached hydrogen (secondary N) is 1. The van der Waals surface area contributed by atoms with Crippen LogP contribution >= 0.6 is 0 Å². The van der Waals surface area contributed by atoms with Crippen molar-refractivity contribution < 1.29 is 18.0 Å². The molecule has 0 atom stereocenters. The molecule has 0 saturated carbocycles. The van der Waals surface area contributed by atoms with Gasteiger partial charge < -0.3 is 5.32 Å². The third-order valence-electron chi connectivity index (χ3n) is 2.39. The fourth-order valence-corrected chi connectivity index (χ4v) is 1.50. The minimum Gasteiger partial charge on any atom is -0.321 e. The van der Waals surface area contributed by atoms with E-state index in [1.165, 1.54) is 22.9 Å². The second kappa shape index (κ2) is 4.75. The Bertz CT molecular complexity index is 604. The average Bonchev–Trinajstić information content (AvgIpc) is 2.75. The molecule has 0 aliphatic carbocycles. The van der Waals surface area contributed by atoms with Gasteiger partial charge in [0.2, 0.25) is 0 Å². The van der Waals surface area contributed by atoms with Crippen LogP contribution < -0.4 is 5.32 Å². The monoisotopic (exact) mass is 269 g/mol. The van der Waals surface area contributed by atoms with Gasteiger partial charge in [0.25, 0.3) is 5.91 Å². The van der Waals surface area contributed by atoms with Crippen molar-refractivity contribution in [3.8, 4) is 0 Å². The Morgan fingerprint density at radius 2 is 2.05 bits per heavy atom. The van der Waals surface area contributed by atoms with Crippen LogP contribution in [-0.4, -0.2) is 15.7 Å². The molecule has 1 aromatic carbocycles. The van der Waals surface area contributed by atoms with E-state index >= 15 is 0 Å². The summed E-state index contributed by atoms with van der Waals surface area (Å²) in [6.45, 7) is 0. The first-order valence-corrected chi connectivity index (χ1v) is 5.34. The Kier molecular flexibility index (Phi) is 3.28. The van der Waals surface area contributed by atoms with Gasteiger partial charge in [-0.2, -0.15) is 18.3 Å². The zero-order valence-electron chi connectivity index (χ0n) is 9.90. The van der Waals surface area contributed by atoms with E-state index in [0.29, 0.717) is 0 Å². The number of alkyl halides is 3. The Labute approximate surface area is 106 Å². The van der Waals surface area contributed by atoms with Gasteiger partial charge in [0.05, 0.1) is 5.56 Å². The Morgan fingerprint density at radius 1 is 1.32 bits per heavy atom. The number of halogens is 3. The summed E-state index contributed by atoms with van der Waals surface area (Å²) in [5.74, 6) is -0.556. The van der Waals surface area contributed by atoms with E-state index in [1.807, 2.05) is 0 Å². The number of aromatic nitrogens is 2. The van der Waals surface area contributed by atoms with E-state index in [0.717, 1.165) is 12.1 Å². The van der Waals surface area contributed by atoms with Gasteiger partial charge in [-0.3, -0.25) is 9.48 Å². The highest BCUT2D eigenvalue weighted by Crippen LogP contribution is 2.30. The third-order valence-corrected chi connectivity index (χ3v) is 2.39. The number of rotatable bonds is 2. The molecule has 0 aliphatic rings. The summed E-state index contributed by atoms with van der Waals surface area (Å²) >= 11 is 0. The fraction of sp³-hybridized carbons (Fsp3) is 0.167. The Hall–Kier alpha value is -2.31. The molecule has 0 fully saturated rings. The van der Waals surface area contributed by atoms with Crippen molar-refractivity contribution in [1.29, 1.82) is 0 Å². The highest BCUT2D eigenvalue weighted by molar-refractivity contribution is 6.02. The molecule has 0 unspecified atom stereocenters. The number of amides is 1. The molecule has 1 amide bonds. The van der Waals surface area contributed by atoms with Crippen LogP contribution in [0.2, 0.25) is 0 Å². The molecule has 0 radical (unpaired) electrons. The van der Waals surface area contributed by atoms with Crippen LogP contribution in [0.5, 0.6) is 0 Å². The zero-order valence-corrected chi connectivity index (χ0v) is 9.90. The number of hydrogen-bond acceptors (Lipinski definition) is 2. The predicted octanol–water partition coefficient (Wildman–Crippen LogP) is 2.69. The lowest BCUT2D eigenvalue weighted by molar-refractivity contribution is -0.137. The van der Waals surface area contributed by atoms with Gasteiger partial charge in [-0.25, -0.2) is 0 Å². The number of carbonyl (C=O) groups is 1. The smallest absolute Gasteiger partial charge is 0.321 e. The van der Waals surface area contributed by atoms with Gasteiger partial charge >= 0.3 is 6.18 Å². The summed E-state index contributed by atoms with van der Waals surface area (Å²) in [6.07, 6.45) is -2.87. The highest BCUT2D eigenvalue weighted by atomic mass is 19.4. The SMILES string of the molecule is Cn1ccc(C(=O)Nc2cccc(C(F)(F)F)c2)n1. The molecule has 0 spiro atoms. The minimum atomic E-state index is -4.44. The van der Waals surface area contributed by atoms with Crippen molar-refractivity contribution in [3.05, 3.63) is 47.8 Å². The van der Waals surface area contributed by atoms with E-state index in [-0.39, 0.29) is 11.4 Å². The molecular weight excluding hydrogens is 259 g/mol. The van der Waals surface area contributed by atoms with Gasteiger partial charge in [0.15, 0.2) is 5.69 Å². The van der Waals surface area contributed by atoms with E-state index in [4.69, 9.17) is 0 Å².